The van der Waals surface area contributed by atoms with Crippen molar-refractivity contribution in [3.05, 3.63) is 34.6 Å². The maximum Gasteiger partial charge on any atom is 0.215 e. The molecular formula is C13H18ClFN2O2S. The molecule has 1 aromatic carbocycles. The first-order valence-corrected chi connectivity index (χ1v) is 8.49. The van der Waals surface area contributed by atoms with E-state index in [1.807, 2.05) is 4.90 Å². The molecule has 0 radical (unpaired) electrons. The van der Waals surface area contributed by atoms with Crippen molar-refractivity contribution in [2.45, 2.75) is 25.1 Å². The van der Waals surface area contributed by atoms with Crippen molar-refractivity contribution in [2.75, 3.05) is 19.6 Å². The molecule has 1 aliphatic heterocycles. The van der Waals surface area contributed by atoms with Crippen LogP contribution in [-0.4, -0.2) is 38.2 Å². The van der Waals surface area contributed by atoms with Gasteiger partial charge in [0.05, 0.1) is 5.25 Å². The van der Waals surface area contributed by atoms with Crippen molar-refractivity contribution in [1.82, 2.24) is 9.62 Å². The summed E-state index contributed by atoms with van der Waals surface area (Å²) in [7, 11) is -3.27. The molecular weight excluding hydrogens is 303 g/mol. The van der Waals surface area contributed by atoms with E-state index in [9.17, 15) is 12.8 Å². The highest BCUT2D eigenvalue weighted by Crippen LogP contribution is 2.21. The number of nitrogens with zero attached hydrogens (tertiary/aromatic N) is 1. The quantitative estimate of drug-likeness (QED) is 0.902. The molecule has 0 bridgehead atoms. The van der Waals surface area contributed by atoms with Crippen molar-refractivity contribution in [1.29, 1.82) is 0 Å². The lowest BCUT2D eigenvalue weighted by molar-refractivity contribution is 0.325. The van der Waals surface area contributed by atoms with Gasteiger partial charge in [0.2, 0.25) is 10.0 Å². The Balaban J connectivity index is 2.02. The summed E-state index contributed by atoms with van der Waals surface area (Å²) in [6.07, 6.45) is 0.567. The molecule has 2 rings (SSSR count). The average molecular weight is 321 g/mol. The minimum atomic E-state index is -3.27. The summed E-state index contributed by atoms with van der Waals surface area (Å²) < 4.78 is 40.0. The van der Waals surface area contributed by atoms with Gasteiger partial charge in [-0.1, -0.05) is 18.5 Å². The van der Waals surface area contributed by atoms with E-state index >= 15 is 0 Å². The molecule has 4 nitrogen and oxygen atoms in total. The first-order valence-electron chi connectivity index (χ1n) is 6.57. The number of nitrogens with one attached hydrogen (secondary N) is 1. The molecule has 0 aromatic heterocycles. The van der Waals surface area contributed by atoms with Gasteiger partial charge in [0.1, 0.15) is 5.82 Å². The summed E-state index contributed by atoms with van der Waals surface area (Å²) in [6, 6.07) is 4.42. The third kappa shape index (κ3) is 3.69. The topological polar surface area (TPSA) is 49.4 Å². The van der Waals surface area contributed by atoms with Gasteiger partial charge in [0.25, 0.3) is 0 Å². The van der Waals surface area contributed by atoms with Gasteiger partial charge in [-0.3, -0.25) is 4.90 Å². The third-order valence-electron chi connectivity index (χ3n) is 3.42. The van der Waals surface area contributed by atoms with Crippen LogP contribution < -0.4 is 4.72 Å². The van der Waals surface area contributed by atoms with Gasteiger partial charge in [-0.2, -0.15) is 0 Å². The zero-order chi connectivity index (χ0) is 14.8. The summed E-state index contributed by atoms with van der Waals surface area (Å²) in [4.78, 5) is 1.94. The first kappa shape index (κ1) is 15.7. The molecule has 0 unspecified atom stereocenters. The molecule has 0 aliphatic carbocycles. The molecule has 1 heterocycles. The van der Waals surface area contributed by atoms with Crippen molar-refractivity contribution in [3.63, 3.8) is 0 Å². The van der Waals surface area contributed by atoms with Crippen molar-refractivity contribution >= 4 is 21.6 Å². The normalized spacial score (nSPS) is 20.4. The number of sulfonamides is 1. The van der Waals surface area contributed by atoms with E-state index in [1.54, 1.807) is 13.0 Å². The van der Waals surface area contributed by atoms with Crippen LogP contribution in [0, 0.1) is 5.82 Å². The highest BCUT2D eigenvalue weighted by molar-refractivity contribution is 7.90. The molecule has 0 amide bonds. The Bertz CT molecular complexity index is 580. The summed E-state index contributed by atoms with van der Waals surface area (Å²) in [5.74, 6) is -0.313. The molecule has 1 aromatic rings. The fourth-order valence-corrected chi connectivity index (χ4v) is 4.07. The van der Waals surface area contributed by atoms with Crippen LogP contribution in [0.5, 0.6) is 0 Å². The highest BCUT2D eigenvalue weighted by Gasteiger charge is 2.32. The Kier molecular flexibility index (Phi) is 5.01. The fraction of sp³-hybridized carbons (Fsp3) is 0.538. The Morgan fingerprint density at radius 3 is 2.95 bits per heavy atom. The Labute approximate surface area is 124 Å². The number of benzene rings is 1. The fourth-order valence-electron chi connectivity index (χ4n) is 2.42. The summed E-state index contributed by atoms with van der Waals surface area (Å²) in [6.45, 7) is 3.58. The van der Waals surface area contributed by atoms with Crippen molar-refractivity contribution in [2.24, 2.45) is 0 Å². The lowest BCUT2D eigenvalue weighted by Gasteiger charge is -2.17. The summed E-state index contributed by atoms with van der Waals surface area (Å²) in [5, 5.41) is 0.0575. The Morgan fingerprint density at radius 1 is 1.50 bits per heavy atom. The second kappa shape index (κ2) is 6.39. The number of rotatable bonds is 5. The van der Waals surface area contributed by atoms with E-state index in [1.165, 1.54) is 12.1 Å². The van der Waals surface area contributed by atoms with Gasteiger partial charge >= 0.3 is 0 Å². The number of hydrogen-bond acceptors (Lipinski definition) is 3. The van der Waals surface area contributed by atoms with Crippen LogP contribution in [0.25, 0.3) is 0 Å². The molecule has 112 valence electrons. The minimum Gasteiger partial charge on any atom is -0.298 e. The molecule has 1 aliphatic rings. The van der Waals surface area contributed by atoms with Gasteiger partial charge in [-0.15, -0.1) is 0 Å². The monoisotopic (exact) mass is 320 g/mol. The number of halogens is 2. The van der Waals surface area contributed by atoms with Crippen molar-refractivity contribution in [3.8, 4) is 0 Å². The van der Waals surface area contributed by atoms with Gasteiger partial charge < -0.3 is 0 Å². The number of hydrogen-bond donors (Lipinski definition) is 1. The van der Waals surface area contributed by atoms with Crippen molar-refractivity contribution < 1.29 is 12.8 Å². The first-order chi connectivity index (χ1) is 9.42. The standard InChI is InChI=1S/C13H18ClFN2O2S/c1-2-16-20(18,19)12-5-6-17(9-12)8-10-7-11(14)3-4-13(10)15/h3-4,7,12,16H,2,5-6,8-9H2,1H3/t12-/m1/s1. The molecule has 1 N–H and O–H groups in total. The molecule has 1 saturated heterocycles. The average Bonchev–Trinajstić information content (AvgIpc) is 2.83. The van der Waals surface area contributed by atoms with Gasteiger partial charge in [-0.05, 0) is 31.2 Å². The summed E-state index contributed by atoms with van der Waals surface area (Å²) in [5.41, 5.74) is 0.499. The zero-order valence-corrected chi connectivity index (χ0v) is 12.8. The van der Waals surface area contributed by atoms with E-state index in [0.717, 1.165) is 0 Å². The Morgan fingerprint density at radius 2 is 2.25 bits per heavy atom. The lowest BCUT2D eigenvalue weighted by atomic mass is 10.2. The Hall–Kier alpha value is -0.690. The lowest BCUT2D eigenvalue weighted by Crippen LogP contribution is -2.36. The molecule has 1 fully saturated rings. The predicted octanol–water partition coefficient (Wildman–Crippen LogP) is 1.99. The molecule has 0 spiro atoms. The van der Waals surface area contributed by atoms with Crippen LogP contribution >= 0.6 is 11.6 Å². The summed E-state index contributed by atoms with van der Waals surface area (Å²) >= 11 is 5.85. The SMILES string of the molecule is CCNS(=O)(=O)[C@@H]1CCN(Cc2cc(Cl)ccc2F)C1. The molecule has 7 heteroatoms. The maximum absolute atomic E-state index is 13.7. The largest absolute Gasteiger partial charge is 0.298 e. The molecule has 20 heavy (non-hydrogen) atoms. The second-order valence-electron chi connectivity index (χ2n) is 4.92. The predicted molar refractivity (Wildman–Crippen MR) is 77.7 cm³/mol. The van der Waals surface area contributed by atoms with E-state index in [-0.39, 0.29) is 5.82 Å². The van der Waals surface area contributed by atoms with Gasteiger partial charge in [0.15, 0.2) is 0 Å². The van der Waals surface area contributed by atoms with E-state index < -0.39 is 15.3 Å². The van der Waals surface area contributed by atoms with E-state index in [4.69, 9.17) is 11.6 Å². The van der Waals surface area contributed by atoms with Gasteiger partial charge in [-0.25, -0.2) is 17.5 Å². The van der Waals surface area contributed by atoms with Crippen LogP contribution in [0.2, 0.25) is 5.02 Å². The third-order valence-corrected chi connectivity index (χ3v) is 5.60. The second-order valence-corrected chi connectivity index (χ2v) is 7.41. The van der Waals surface area contributed by atoms with Crippen LogP contribution in [-0.2, 0) is 16.6 Å². The van der Waals surface area contributed by atoms with Gasteiger partial charge in [0, 0.05) is 30.2 Å². The van der Waals surface area contributed by atoms with E-state index in [2.05, 4.69) is 4.72 Å². The smallest absolute Gasteiger partial charge is 0.215 e. The zero-order valence-electron chi connectivity index (χ0n) is 11.3. The van der Waals surface area contributed by atoms with E-state index in [0.29, 0.717) is 43.2 Å². The van der Waals surface area contributed by atoms with Crippen LogP contribution in [0.1, 0.15) is 18.9 Å². The maximum atomic E-state index is 13.7. The minimum absolute atomic E-state index is 0.313. The highest BCUT2D eigenvalue weighted by atomic mass is 35.5. The van der Waals surface area contributed by atoms with Crippen LogP contribution in [0.3, 0.4) is 0 Å². The molecule has 0 saturated carbocycles. The molecule has 1 atom stereocenters. The number of likely N-dealkylation sites (tertiary alicyclic amines) is 1. The van der Waals surface area contributed by atoms with Crippen LogP contribution in [0.15, 0.2) is 18.2 Å². The van der Waals surface area contributed by atoms with Crippen LogP contribution in [0.4, 0.5) is 4.39 Å².